The summed E-state index contributed by atoms with van der Waals surface area (Å²) in [5.41, 5.74) is 3.42. The summed E-state index contributed by atoms with van der Waals surface area (Å²) in [7, 11) is 0. The Labute approximate surface area is 116 Å². The molecule has 1 heterocycles. The van der Waals surface area contributed by atoms with Crippen LogP contribution in [0.4, 0.5) is 0 Å². The molecule has 0 unspecified atom stereocenters. The van der Waals surface area contributed by atoms with Gasteiger partial charge < -0.3 is 5.32 Å². The number of hydrogen-bond acceptors (Lipinski definition) is 2. The highest BCUT2D eigenvalue weighted by atomic mass is 79.9. The first-order valence-corrected chi connectivity index (χ1v) is 7.02. The third-order valence-corrected chi connectivity index (χ3v) is 3.25. The molecule has 0 saturated heterocycles. The van der Waals surface area contributed by atoms with Gasteiger partial charge in [0.2, 0.25) is 0 Å². The Morgan fingerprint density at radius 2 is 2.17 bits per heavy atom. The molecule has 0 bridgehead atoms. The summed E-state index contributed by atoms with van der Waals surface area (Å²) in [5.74, 6) is 0. The van der Waals surface area contributed by atoms with Crippen molar-refractivity contribution in [2.75, 3.05) is 6.54 Å². The lowest BCUT2D eigenvalue weighted by Gasteiger charge is -2.11. The van der Waals surface area contributed by atoms with Crippen molar-refractivity contribution in [3.63, 3.8) is 0 Å². The standard InChI is InChI=1S/C14H18BrN3/c1-3-7-16-10-12-4-5-13(15)9-14(12)18-8-6-11(2)17-18/h4-6,8-9,16H,3,7,10H2,1-2H3. The first-order valence-electron chi connectivity index (χ1n) is 6.22. The van der Waals surface area contributed by atoms with Crippen LogP contribution in [0.25, 0.3) is 5.69 Å². The molecule has 18 heavy (non-hydrogen) atoms. The van der Waals surface area contributed by atoms with E-state index in [4.69, 9.17) is 0 Å². The van der Waals surface area contributed by atoms with Crippen LogP contribution in [0.1, 0.15) is 24.6 Å². The molecule has 0 amide bonds. The average Bonchev–Trinajstić information content (AvgIpc) is 2.78. The second-order valence-corrected chi connectivity index (χ2v) is 5.27. The van der Waals surface area contributed by atoms with Gasteiger partial charge in [-0.05, 0) is 43.7 Å². The summed E-state index contributed by atoms with van der Waals surface area (Å²) in [6.07, 6.45) is 3.15. The van der Waals surface area contributed by atoms with Crippen molar-refractivity contribution in [1.29, 1.82) is 0 Å². The van der Waals surface area contributed by atoms with Crippen LogP contribution in [0.2, 0.25) is 0 Å². The fourth-order valence-corrected chi connectivity index (χ4v) is 2.20. The zero-order valence-corrected chi connectivity index (χ0v) is 12.4. The molecule has 1 N–H and O–H groups in total. The zero-order valence-electron chi connectivity index (χ0n) is 10.8. The molecule has 0 fully saturated rings. The van der Waals surface area contributed by atoms with Crippen LogP contribution >= 0.6 is 15.9 Å². The lowest BCUT2D eigenvalue weighted by Crippen LogP contribution is -2.15. The van der Waals surface area contributed by atoms with E-state index in [1.807, 2.05) is 23.9 Å². The molecule has 3 nitrogen and oxygen atoms in total. The zero-order chi connectivity index (χ0) is 13.0. The normalized spacial score (nSPS) is 10.8. The van der Waals surface area contributed by atoms with Gasteiger partial charge in [0.15, 0.2) is 0 Å². The summed E-state index contributed by atoms with van der Waals surface area (Å²) in [4.78, 5) is 0. The first-order chi connectivity index (χ1) is 8.70. The second kappa shape index (κ2) is 6.16. The molecule has 1 aromatic heterocycles. The predicted octanol–water partition coefficient (Wildman–Crippen LogP) is 3.44. The van der Waals surface area contributed by atoms with E-state index in [0.29, 0.717) is 0 Å². The van der Waals surface area contributed by atoms with E-state index in [1.54, 1.807) is 0 Å². The maximum Gasteiger partial charge on any atom is 0.0701 e. The van der Waals surface area contributed by atoms with Gasteiger partial charge >= 0.3 is 0 Å². The molecule has 0 aliphatic carbocycles. The number of aromatic nitrogens is 2. The molecule has 0 radical (unpaired) electrons. The molecular weight excluding hydrogens is 290 g/mol. The molecule has 0 atom stereocenters. The molecule has 4 heteroatoms. The van der Waals surface area contributed by atoms with Gasteiger partial charge in [-0.1, -0.05) is 28.9 Å². The van der Waals surface area contributed by atoms with E-state index < -0.39 is 0 Å². The third kappa shape index (κ3) is 3.21. The Morgan fingerprint density at radius 1 is 1.33 bits per heavy atom. The van der Waals surface area contributed by atoms with E-state index in [2.05, 4.69) is 51.5 Å². The topological polar surface area (TPSA) is 29.9 Å². The number of nitrogens with zero attached hydrogens (tertiary/aromatic N) is 2. The van der Waals surface area contributed by atoms with E-state index in [9.17, 15) is 0 Å². The highest BCUT2D eigenvalue weighted by Crippen LogP contribution is 2.20. The van der Waals surface area contributed by atoms with Crippen molar-refractivity contribution in [3.05, 3.63) is 46.2 Å². The molecule has 0 spiro atoms. The maximum absolute atomic E-state index is 4.48. The van der Waals surface area contributed by atoms with Crippen molar-refractivity contribution in [2.24, 2.45) is 0 Å². The number of nitrogens with one attached hydrogen (secondary N) is 1. The van der Waals surface area contributed by atoms with Gasteiger partial charge in [-0.15, -0.1) is 0 Å². The number of halogens is 1. The van der Waals surface area contributed by atoms with Crippen molar-refractivity contribution < 1.29 is 0 Å². The summed E-state index contributed by atoms with van der Waals surface area (Å²) < 4.78 is 3.01. The van der Waals surface area contributed by atoms with Crippen LogP contribution in [0.3, 0.4) is 0 Å². The quantitative estimate of drug-likeness (QED) is 0.858. The molecule has 2 aromatic rings. The molecule has 2 rings (SSSR count). The minimum absolute atomic E-state index is 0.870. The van der Waals surface area contributed by atoms with Crippen molar-refractivity contribution in [2.45, 2.75) is 26.8 Å². The fourth-order valence-electron chi connectivity index (χ4n) is 1.85. The summed E-state index contributed by atoms with van der Waals surface area (Å²) in [6.45, 7) is 6.08. The maximum atomic E-state index is 4.48. The molecule has 0 aliphatic heterocycles. The van der Waals surface area contributed by atoms with Gasteiger partial charge in [-0.25, -0.2) is 4.68 Å². The van der Waals surface area contributed by atoms with Gasteiger partial charge in [0.1, 0.15) is 0 Å². The number of hydrogen-bond donors (Lipinski definition) is 1. The first kappa shape index (κ1) is 13.3. The summed E-state index contributed by atoms with van der Waals surface area (Å²) in [5, 5.41) is 7.91. The molecule has 96 valence electrons. The van der Waals surface area contributed by atoms with E-state index in [-0.39, 0.29) is 0 Å². The van der Waals surface area contributed by atoms with Crippen molar-refractivity contribution in [3.8, 4) is 5.69 Å². The third-order valence-electron chi connectivity index (χ3n) is 2.76. The number of aryl methyl sites for hydroxylation is 1. The summed E-state index contributed by atoms with van der Waals surface area (Å²) in [6, 6.07) is 8.33. The Hall–Kier alpha value is -1.13. The fraction of sp³-hybridized carbons (Fsp3) is 0.357. The Kier molecular flexibility index (Phi) is 4.55. The Bertz CT molecular complexity index is 520. The van der Waals surface area contributed by atoms with Crippen LogP contribution in [0.5, 0.6) is 0 Å². The monoisotopic (exact) mass is 307 g/mol. The van der Waals surface area contributed by atoms with Crippen LogP contribution < -0.4 is 5.32 Å². The minimum atomic E-state index is 0.870. The van der Waals surface area contributed by atoms with Crippen LogP contribution in [0.15, 0.2) is 34.9 Å². The van der Waals surface area contributed by atoms with Crippen LogP contribution in [0, 0.1) is 6.92 Å². The van der Waals surface area contributed by atoms with Crippen LogP contribution in [-0.2, 0) is 6.54 Å². The van der Waals surface area contributed by atoms with E-state index >= 15 is 0 Å². The highest BCUT2D eigenvalue weighted by Gasteiger charge is 2.06. The summed E-state index contributed by atoms with van der Waals surface area (Å²) >= 11 is 3.52. The lowest BCUT2D eigenvalue weighted by molar-refractivity contribution is 0.670. The highest BCUT2D eigenvalue weighted by molar-refractivity contribution is 9.10. The smallest absolute Gasteiger partial charge is 0.0701 e. The van der Waals surface area contributed by atoms with Crippen LogP contribution in [-0.4, -0.2) is 16.3 Å². The lowest BCUT2D eigenvalue weighted by atomic mass is 10.2. The van der Waals surface area contributed by atoms with Crippen molar-refractivity contribution >= 4 is 15.9 Å². The van der Waals surface area contributed by atoms with E-state index in [1.165, 1.54) is 5.56 Å². The SMILES string of the molecule is CCCNCc1ccc(Br)cc1-n1ccc(C)n1. The Morgan fingerprint density at radius 3 is 2.83 bits per heavy atom. The van der Waals surface area contributed by atoms with Gasteiger partial charge in [0.05, 0.1) is 11.4 Å². The number of benzene rings is 1. The number of rotatable bonds is 5. The molecule has 0 aliphatic rings. The van der Waals surface area contributed by atoms with Crippen molar-refractivity contribution in [1.82, 2.24) is 15.1 Å². The average molecular weight is 308 g/mol. The van der Waals surface area contributed by atoms with Gasteiger partial charge in [-0.2, -0.15) is 5.10 Å². The predicted molar refractivity (Wildman–Crippen MR) is 78.0 cm³/mol. The largest absolute Gasteiger partial charge is 0.313 e. The van der Waals surface area contributed by atoms with Gasteiger partial charge in [0, 0.05) is 17.2 Å². The molecule has 0 saturated carbocycles. The second-order valence-electron chi connectivity index (χ2n) is 4.35. The van der Waals surface area contributed by atoms with Gasteiger partial charge in [0.25, 0.3) is 0 Å². The molecular formula is C14H18BrN3. The minimum Gasteiger partial charge on any atom is -0.313 e. The molecule has 1 aromatic carbocycles. The van der Waals surface area contributed by atoms with E-state index in [0.717, 1.165) is 35.4 Å². The Balaban J connectivity index is 2.29. The van der Waals surface area contributed by atoms with Gasteiger partial charge in [-0.3, -0.25) is 0 Å².